The molecule has 0 amide bonds. The number of carbonyl (C=O) groups excluding carboxylic acids is 2. The Labute approximate surface area is 160 Å². The van der Waals surface area contributed by atoms with Crippen LogP contribution < -0.4 is 0 Å². The monoisotopic (exact) mass is 374 g/mol. The summed E-state index contributed by atoms with van der Waals surface area (Å²) in [5.74, 6) is -0.702. The summed E-state index contributed by atoms with van der Waals surface area (Å²) in [6.07, 6.45) is 4.47. The van der Waals surface area contributed by atoms with Gasteiger partial charge in [-0.05, 0) is 70.3 Å². The van der Waals surface area contributed by atoms with Crippen molar-refractivity contribution in [2.24, 2.45) is 22.7 Å². The number of rotatable bonds is 5. The van der Waals surface area contributed by atoms with Crippen molar-refractivity contribution in [1.82, 2.24) is 0 Å². The third kappa shape index (κ3) is 2.91. The second kappa shape index (κ2) is 6.69. The Morgan fingerprint density at radius 2 is 1.96 bits per heavy atom. The zero-order valence-corrected chi connectivity index (χ0v) is 16.7. The summed E-state index contributed by atoms with van der Waals surface area (Å²) in [7, 11) is 0. The molecule has 3 aliphatic carbocycles. The van der Waals surface area contributed by atoms with Crippen molar-refractivity contribution in [2.75, 3.05) is 0 Å². The fourth-order valence-electron chi connectivity index (χ4n) is 6.32. The molecule has 0 heterocycles. The SMILES string of the molecule is CC(=O)[C@H]1CC[C@H]2C3=CC(=O)C([C@H](C)O)=C(C)[C@@]3(CCC(=O)O)CC[C@]12C. The number of aliphatic carboxylic acids is 1. The van der Waals surface area contributed by atoms with E-state index in [4.69, 9.17) is 0 Å². The Kier molecular flexibility index (Phi) is 4.96. The molecule has 0 radical (unpaired) electrons. The van der Waals surface area contributed by atoms with Crippen molar-refractivity contribution in [3.8, 4) is 0 Å². The fraction of sp³-hybridized carbons (Fsp3) is 0.682. The second-order valence-corrected chi connectivity index (χ2v) is 8.95. The van der Waals surface area contributed by atoms with Crippen LogP contribution in [0, 0.1) is 22.7 Å². The van der Waals surface area contributed by atoms with Crippen LogP contribution in [0.3, 0.4) is 0 Å². The first-order valence-electron chi connectivity index (χ1n) is 9.92. The number of Topliss-reactive ketones (excluding diaryl/α,β-unsaturated/α-hetero) is 1. The predicted molar refractivity (Wildman–Crippen MR) is 101 cm³/mol. The normalized spacial score (nSPS) is 36.8. The summed E-state index contributed by atoms with van der Waals surface area (Å²) in [5, 5.41) is 19.5. The van der Waals surface area contributed by atoms with Gasteiger partial charge in [-0.25, -0.2) is 0 Å². The van der Waals surface area contributed by atoms with Gasteiger partial charge in [0.05, 0.1) is 6.10 Å². The first-order valence-corrected chi connectivity index (χ1v) is 9.92. The van der Waals surface area contributed by atoms with Crippen LogP contribution in [0.5, 0.6) is 0 Å². The quantitative estimate of drug-likeness (QED) is 0.769. The molecule has 3 aliphatic rings. The van der Waals surface area contributed by atoms with E-state index in [0.717, 1.165) is 36.8 Å². The first-order chi connectivity index (χ1) is 12.5. The summed E-state index contributed by atoms with van der Waals surface area (Å²) in [4.78, 5) is 36.4. The Hall–Kier alpha value is -1.75. The summed E-state index contributed by atoms with van der Waals surface area (Å²) in [5.41, 5.74) is 1.58. The number of hydrogen-bond donors (Lipinski definition) is 2. The lowest BCUT2D eigenvalue weighted by Gasteiger charge is -2.53. The van der Waals surface area contributed by atoms with Gasteiger partial charge >= 0.3 is 5.97 Å². The summed E-state index contributed by atoms with van der Waals surface area (Å²) in [6.45, 7) is 7.29. The highest BCUT2D eigenvalue weighted by Gasteiger charge is 2.58. The van der Waals surface area contributed by atoms with Crippen molar-refractivity contribution in [3.63, 3.8) is 0 Å². The van der Waals surface area contributed by atoms with E-state index in [9.17, 15) is 24.6 Å². The Morgan fingerprint density at radius 1 is 1.30 bits per heavy atom. The summed E-state index contributed by atoms with van der Waals surface area (Å²) in [6, 6.07) is 0. The van der Waals surface area contributed by atoms with Crippen molar-refractivity contribution in [2.45, 2.75) is 72.3 Å². The Bertz CT molecular complexity index is 759. The Balaban J connectivity index is 2.12. The topological polar surface area (TPSA) is 91.7 Å². The van der Waals surface area contributed by atoms with Crippen LogP contribution in [0.1, 0.15) is 66.2 Å². The van der Waals surface area contributed by atoms with Gasteiger partial charge in [0.25, 0.3) is 0 Å². The van der Waals surface area contributed by atoms with Crippen LogP contribution in [-0.4, -0.2) is 33.9 Å². The standard InChI is InChI=1S/C22H30O5/c1-12-20(14(3)24)18(25)11-17-16-6-5-15(13(2)23)21(16,4)9-10-22(12,17)8-7-19(26)27/h11,14-16,24H,5-10H2,1-4H3,(H,26,27)/t14-,15+,16-,21+,22+/m0/s1. The smallest absolute Gasteiger partial charge is 0.303 e. The number of hydrogen-bond acceptors (Lipinski definition) is 4. The molecular weight excluding hydrogens is 344 g/mol. The number of carboxylic acid groups (broad SMARTS) is 1. The lowest BCUT2D eigenvalue weighted by atomic mass is 9.50. The molecule has 0 saturated heterocycles. The third-order valence-corrected chi connectivity index (χ3v) is 7.70. The number of aliphatic hydroxyl groups is 1. The molecule has 2 N–H and O–H groups in total. The molecule has 2 fully saturated rings. The van der Waals surface area contributed by atoms with E-state index >= 15 is 0 Å². The van der Waals surface area contributed by atoms with Crippen LogP contribution >= 0.6 is 0 Å². The molecule has 0 unspecified atom stereocenters. The average molecular weight is 374 g/mol. The van der Waals surface area contributed by atoms with E-state index in [-0.39, 0.29) is 35.2 Å². The number of allylic oxidation sites excluding steroid dienone is 3. The molecule has 0 aromatic carbocycles. The van der Waals surface area contributed by atoms with Crippen LogP contribution in [-0.2, 0) is 14.4 Å². The number of ketones is 2. The van der Waals surface area contributed by atoms with Gasteiger partial charge in [-0.15, -0.1) is 0 Å². The minimum Gasteiger partial charge on any atom is -0.481 e. The number of fused-ring (bicyclic) bond motifs is 3. The molecule has 0 aromatic heterocycles. The van der Waals surface area contributed by atoms with Crippen molar-refractivity contribution < 1.29 is 24.6 Å². The average Bonchev–Trinajstić information content (AvgIpc) is 2.91. The molecule has 0 aliphatic heterocycles. The van der Waals surface area contributed by atoms with Gasteiger partial charge in [0.15, 0.2) is 5.78 Å². The largest absolute Gasteiger partial charge is 0.481 e. The summed E-state index contributed by atoms with van der Waals surface area (Å²) < 4.78 is 0. The number of carbonyl (C=O) groups is 3. The van der Waals surface area contributed by atoms with Gasteiger partial charge in [0, 0.05) is 23.3 Å². The minimum absolute atomic E-state index is 0.00146. The van der Waals surface area contributed by atoms with Crippen LogP contribution in [0.2, 0.25) is 0 Å². The maximum atomic E-state index is 12.8. The fourth-order valence-corrected chi connectivity index (χ4v) is 6.32. The van der Waals surface area contributed by atoms with Gasteiger partial charge in [-0.3, -0.25) is 14.4 Å². The highest BCUT2D eigenvalue weighted by Crippen LogP contribution is 2.66. The van der Waals surface area contributed by atoms with Crippen molar-refractivity contribution in [1.29, 1.82) is 0 Å². The highest BCUT2D eigenvalue weighted by molar-refractivity contribution is 6.07. The molecular formula is C22H30O5. The van der Waals surface area contributed by atoms with E-state index in [1.807, 2.05) is 6.92 Å². The molecule has 27 heavy (non-hydrogen) atoms. The van der Waals surface area contributed by atoms with E-state index in [2.05, 4.69) is 6.92 Å². The molecule has 148 valence electrons. The lowest BCUT2D eigenvalue weighted by molar-refractivity contribution is -0.137. The Morgan fingerprint density at radius 3 is 2.52 bits per heavy atom. The zero-order chi connectivity index (χ0) is 20.1. The van der Waals surface area contributed by atoms with E-state index < -0.39 is 17.5 Å². The molecule has 5 atom stereocenters. The molecule has 0 bridgehead atoms. The zero-order valence-electron chi connectivity index (χ0n) is 16.7. The number of aliphatic hydroxyl groups excluding tert-OH is 1. The maximum Gasteiger partial charge on any atom is 0.303 e. The van der Waals surface area contributed by atoms with Gasteiger partial charge in [0.1, 0.15) is 5.78 Å². The molecule has 5 nitrogen and oxygen atoms in total. The molecule has 5 heteroatoms. The van der Waals surface area contributed by atoms with E-state index in [0.29, 0.717) is 12.0 Å². The van der Waals surface area contributed by atoms with Crippen LogP contribution in [0.15, 0.2) is 22.8 Å². The van der Waals surface area contributed by atoms with E-state index in [1.165, 1.54) is 0 Å². The molecule has 3 rings (SSSR count). The first kappa shape index (κ1) is 20.0. The molecule has 0 aromatic rings. The molecule has 2 saturated carbocycles. The predicted octanol–water partition coefficient (Wildman–Crippen LogP) is 3.46. The van der Waals surface area contributed by atoms with Gasteiger partial charge in [0.2, 0.25) is 0 Å². The number of carboxylic acids is 1. The second-order valence-electron chi connectivity index (χ2n) is 8.95. The van der Waals surface area contributed by atoms with E-state index in [1.54, 1.807) is 19.9 Å². The van der Waals surface area contributed by atoms with Gasteiger partial charge in [-0.1, -0.05) is 18.1 Å². The van der Waals surface area contributed by atoms with Crippen LogP contribution in [0.4, 0.5) is 0 Å². The van der Waals surface area contributed by atoms with Gasteiger partial charge < -0.3 is 10.2 Å². The van der Waals surface area contributed by atoms with Crippen LogP contribution in [0.25, 0.3) is 0 Å². The van der Waals surface area contributed by atoms with Crippen molar-refractivity contribution >= 4 is 17.5 Å². The van der Waals surface area contributed by atoms with Gasteiger partial charge in [-0.2, -0.15) is 0 Å². The van der Waals surface area contributed by atoms with Crippen molar-refractivity contribution in [3.05, 3.63) is 22.8 Å². The molecule has 0 spiro atoms. The summed E-state index contributed by atoms with van der Waals surface area (Å²) >= 11 is 0. The highest BCUT2D eigenvalue weighted by atomic mass is 16.4. The maximum absolute atomic E-state index is 12.8. The lowest BCUT2D eigenvalue weighted by Crippen LogP contribution is -2.47. The third-order valence-electron chi connectivity index (χ3n) is 7.70. The minimum atomic E-state index is -0.876.